The molecule has 0 unspecified atom stereocenters. The first kappa shape index (κ1) is 13.1. The summed E-state index contributed by atoms with van der Waals surface area (Å²) in [4.78, 5) is 20.4. The molecule has 0 rings (SSSR count). The van der Waals surface area contributed by atoms with Gasteiger partial charge in [-0.05, 0) is 0 Å². The van der Waals surface area contributed by atoms with Crippen LogP contribution in [0.25, 0.3) is 0 Å². The van der Waals surface area contributed by atoms with Crippen molar-refractivity contribution in [2.45, 2.75) is 4.16 Å². The van der Waals surface area contributed by atoms with Gasteiger partial charge in [-0.1, -0.05) is 15.9 Å². The summed E-state index contributed by atoms with van der Waals surface area (Å²) in [6.07, 6.45) is 0. The quantitative estimate of drug-likeness (QED) is 0.544. The molecule has 4 nitrogen and oxygen atoms in total. The highest BCUT2D eigenvalue weighted by atomic mass is 79.9. The van der Waals surface area contributed by atoms with Crippen LogP contribution >= 0.6 is 39.5 Å². The average molecular weight is 289 g/mol. The fourth-order valence-corrected chi connectivity index (χ4v) is 2.53. The molecule has 0 spiro atoms. The van der Waals surface area contributed by atoms with Crippen molar-refractivity contribution in [2.24, 2.45) is 0 Å². The molecule has 2 N–H and O–H groups in total. The summed E-state index contributed by atoms with van der Waals surface area (Å²) >= 11 is 5.48. The molecule has 0 saturated heterocycles. The predicted octanol–water partition coefficient (Wildman–Crippen LogP) is 1.34. The van der Waals surface area contributed by atoms with E-state index >= 15 is 0 Å². The van der Waals surface area contributed by atoms with Gasteiger partial charge in [0.05, 0.1) is 5.75 Å². The number of halogens is 1. The van der Waals surface area contributed by atoms with Gasteiger partial charge in [0.15, 0.2) is 4.16 Å². The lowest BCUT2D eigenvalue weighted by atomic mass is 10.8. The lowest BCUT2D eigenvalue weighted by molar-refractivity contribution is -0.135. The first-order valence-corrected chi connectivity index (χ1v) is 6.44. The molecule has 0 fully saturated rings. The molecule has 0 aromatic heterocycles. The number of carboxylic acids is 2. The summed E-state index contributed by atoms with van der Waals surface area (Å²) in [7, 11) is 0. The Hall–Kier alpha value is 0.120. The molecule has 1 atom stereocenters. The monoisotopic (exact) mass is 288 g/mol. The molecule has 0 aromatic rings. The Morgan fingerprint density at radius 3 is 2.38 bits per heavy atom. The van der Waals surface area contributed by atoms with E-state index in [0.717, 1.165) is 0 Å². The molecule has 0 heterocycles. The fourth-order valence-electron chi connectivity index (χ4n) is 0.441. The summed E-state index contributed by atoms with van der Waals surface area (Å²) in [5.74, 6) is -0.413. The number of carbonyl (C=O) groups is 2. The Kier molecular flexibility index (Phi) is 7.59. The molecular weight excluding hydrogens is 280 g/mol. The predicted molar refractivity (Wildman–Crippen MR) is 57.8 cm³/mol. The third-order valence-electron chi connectivity index (χ3n) is 0.912. The van der Waals surface area contributed by atoms with Crippen LogP contribution in [0.1, 0.15) is 0 Å². The molecule has 0 saturated carbocycles. The SMILES string of the molecule is O=C(O)CSCCS[C@@H](Br)C(=O)O. The summed E-state index contributed by atoms with van der Waals surface area (Å²) in [5.41, 5.74) is 0. The smallest absolute Gasteiger partial charge is 0.327 e. The lowest BCUT2D eigenvalue weighted by Gasteiger charge is -2.02. The van der Waals surface area contributed by atoms with Crippen molar-refractivity contribution in [3.63, 3.8) is 0 Å². The molecule has 0 aromatic carbocycles. The fraction of sp³-hybridized carbons (Fsp3) is 0.667. The number of hydrogen-bond donors (Lipinski definition) is 2. The van der Waals surface area contributed by atoms with E-state index in [2.05, 4.69) is 15.9 Å². The van der Waals surface area contributed by atoms with Gasteiger partial charge >= 0.3 is 11.9 Å². The van der Waals surface area contributed by atoms with Crippen LogP contribution in [0.4, 0.5) is 0 Å². The minimum atomic E-state index is -0.909. The van der Waals surface area contributed by atoms with E-state index in [1.807, 2.05) is 0 Å². The maximum absolute atomic E-state index is 10.3. The zero-order valence-corrected chi connectivity index (χ0v) is 9.82. The van der Waals surface area contributed by atoms with Crippen molar-refractivity contribution >= 4 is 51.4 Å². The standard InChI is InChI=1S/C6H9BrO4S2/c7-5(6(10)11)13-2-1-12-3-4(8)9/h5H,1-3H2,(H,8,9)(H,10,11)/t5-/m1/s1. The summed E-state index contributed by atoms with van der Waals surface area (Å²) in [6, 6.07) is 0. The highest BCUT2D eigenvalue weighted by molar-refractivity contribution is 9.11. The van der Waals surface area contributed by atoms with Crippen molar-refractivity contribution < 1.29 is 19.8 Å². The van der Waals surface area contributed by atoms with E-state index in [9.17, 15) is 9.59 Å². The van der Waals surface area contributed by atoms with Crippen molar-refractivity contribution in [3.05, 3.63) is 0 Å². The van der Waals surface area contributed by atoms with Crippen LogP contribution < -0.4 is 0 Å². The minimum Gasteiger partial charge on any atom is -0.481 e. The lowest BCUT2D eigenvalue weighted by Crippen LogP contribution is -2.09. The van der Waals surface area contributed by atoms with Gasteiger partial charge in [-0.15, -0.1) is 23.5 Å². The molecule has 0 aliphatic rings. The van der Waals surface area contributed by atoms with E-state index in [1.165, 1.54) is 23.5 Å². The number of rotatable bonds is 7. The van der Waals surface area contributed by atoms with E-state index < -0.39 is 16.1 Å². The Labute approximate surface area is 92.6 Å². The van der Waals surface area contributed by atoms with E-state index in [4.69, 9.17) is 10.2 Å². The minimum absolute atomic E-state index is 0.0700. The molecule has 0 aliphatic heterocycles. The van der Waals surface area contributed by atoms with Gasteiger partial charge in [0.2, 0.25) is 0 Å². The van der Waals surface area contributed by atoms with Gasteiger partial charge in [-0.25, -0.2) is 0 Å². The maximum atomic E-state index is 10.3. The van der Waals surface area contributed by atoms with Gasteiger partial charge < -0.3 is 10.2 Å². The Morgan fingerprint density at radius 1 is 1.31 bits per heavy atom. The zero-order valence-electron chi connectivity index (χ0n) is 6.60. The van der Waals surface area contributed by atoms with Crippen molar-refractivity contribution in [1.82, 2.24) is 0 Å². The number of aliphatic carboxylic acids is 2. The molecule has 0 radical (unpaired) electrons. The number of carboxylic acid groups (broad SMARTS) is 2. The first-order valence-electron chi connectivity index (χ1n) is 3.32. The van der Waals surface area contributed by atoms with Crippen molar-refractivity contribution in [1.29, 1.82) is 0 Å². The molecule has 0 bridgehead atoms. The normalized spacial score (nSPS) is 12.4. The van der Waals surface area contributed by atoms with Crippen LogP contribution in [0.2, 0.25) is 0 Å². The van der Waals surface area contributed by atoms with Crippen molar-refractivity contribution in [3.8, 4) is 0 Å². The second kappa shape index (κ2) is 7.52. The zero-order chi connectivity index (χ0) is 10.3. The number of thioether (sulfide) groups is 2. The second-order valence-corrected chi connectivity index (χ2v) is 5.81. The largest absolute Gasteiger partial charge is 0.481 e. The molecule has 76 valence electrons. The van der Waals surface area contributed by atoms with Crippen LogP contribution in [-0.2, 0) is 9.59 Å². The van der Waals surface area contributed by atoms with Gasteiger partial charge in [0, 0.05) is 11.5 Å². The van der Waals surface area contributed by atoms with Gasteiger partial charge in [-0.2, -0.15) is 0 Å². The first-order chi connectivity index (χ1) is 6.04. The molecule has 0 aliphatic carbocycles. The third kappa shape index (κ3) is 8.45. The Balaban J connectivity index is 3.26. The average Bonchev–Trinajstić information content (AvgIpc) is 2.02. The molecule has 0 amide bonds. The third-order valence-corrected chi connectivity index (χ3v) is 4.23. The van der Waals surface area contributed by atoms with E-state index in [-0.39, 0.29) is 5.75 Å². The summed E-state index contributed by atoms with van der Waals surface area (Å²) in [5, 5.41) is 16.7. The van der Waals surface area contributed by atoms with Crippen LogP contribution in [0.5, 0.6) is 0 Å². The Morgan fingerprint density at radius 2 is 1.92 bits per heavy atom. The van der Waals surface area contributed by atoms with Crippen LogP contribution in [-0.4, -0.2) is 43.6 Å². The maximum Gasteiger partial charge on any atom is 0.327 e. The second-order valence-electron chi connectivity index (χ2n) is 1.97. The Bertz CT molecular complexity index is 187. The van der Waals surface area contributed by atoms with Crippen LogP contribution in [0.3, 0.4) is 0 Å². The van der Waals surface area contributed by atoms with Gasteiger partial charge in [-0.3, -0.25) is 9.59 Å². The number of hydrogen-bond acceptors (Lipinski definition) is 4. The molecule has 7 heteroatoms. The van der Waals surface area contributed by atoms with E-state index in [0.29, 0.717) is 11.5 Å². The number of alkyl halides is 1. The summed E-state index contributed by atoms with van der Waals surface area (Å²) < 4.78 is -0.599. The molecular formula is C6H9BrO4S2. The molecule has 13 heavy (non-hydrogen) atoms. The van der Waals surface area contributed by atoms with Gasteiger partial charge in [0.1, 0.15) is 0 Å². The highest BCUT2D eigenvalue weighted by Gasteiger charge is 2.12. The van der Waals surface area contributed by atoms with Crippen LogP contribution in [0.15, 0.2) is 0 Å². The van der Waals surface area contributed by atoms with Gasteiger partial charge in [0.25, 0.3) is 0 Å². The topological polar surface area (TPSA) is 74.6 Å². The van der Waals surface area contributed by atoms with Crippen LogP contribution in [0, 0.1) is 0 Å². The van der Waals surface area contributed by atoms with Crippen molar-refractivity contribution in [2.75, 3.05) is 17.3 Å². The highest BCUT2D eigenvalue weighted by Crippen LogP contribution is 2.18. The van der Waals surface area contributed by atoms with E-state index in [1.54, 1.807) is 0 Å². The summed E-state index contributed by atoms with van der Waals surface area (Å²) in [6.45, 7) is 0.